The molecule has 6 aromatic carbocycles. The Morgan fingerprint density at radius 1 is 0.362 bits per heavy atom. The lowest BCUT2D eigenvalue weighted by atomic mass is 10.3. The third-order valence-electron chi connectivity index (χ3n) is 8.38. The molecule has 0 atom stereocenters. The first kappa shape index (κ1) is 30.6. The lowest BCUT2D eigenvalue weighted by Crippen LogP contribution is -2.25. The predicted octanol–water partition coefficient (Wildman–Crippen LogP) is 10.4. The minimum absolute atomic E-state index is 0.876. The average Bonchev–Trinajstić information content (AvgIpc) is 3.46. The summed E-state index contributed by atoms with van der Waals surface area (Å²) >= 11 is 0. The maximum atomic E-state index is 5.74. The number of nitrogens with zero attached hydrogens (tertiary/aromatic N) is 2. The van der Waals surface area contributed by atoms with E-state index in [-0.39, 0.29) is 0 Å². The van der Waals surface area contributed by atoms with Crippen molar-refractivity contribution in [3.8, 4) is 0 Å². The van der Waals surface area contributed by atoms with E-state index in [1.165, 1.54) is 31.8 Å². The normalized spacial score (nSPS) is 13.0. The molecule has 228 valence electrons. The highest BCUT2D eigenvalue weighted by atomic mass is 31.2. The molecular formula is C43H36N2P2. The van der Waals surface area contributed by atoms with E-state index in [1.807, 2.05) is 0 Å². The van der Waals surface area contributed by atoms with E-state index in [9.17, 15) is 0 Å². The van der Waals surface area contributed by atoms with Crippen LogP contribution in [-0.4, -0.2) is 0 Å². The van der Waals surface area contributed by atoms with E-state index >= 15 is 0 Å². The highest BCUT2D eigenvalue weighted by Crippen LogP contribution is 2.58. The third kappa shape index (κ3) is 6.24. The summed E-state index contributed by atoms with van der Waals surface area (Å²) in [6, 6.07) is 62.5. The summed E-state index contributed by atoms with van der Waals surface area (Å²) in [7, 11) is -4.77. The van der Waals surface area contributed by atoms with Crippen LogP contribution >= 0.6 is 14.1 Å². The van der Waals surface area contributed by atoms with Gasteiger partial charge in [-0.1, -0.05) is 182 Å². The molecule has 0 saturated carbocycles. The Hall–Kier alpha value is -5.00. The van der Waals surface area contributed by atoms with Gasteiger partial charge >= 0.3 is 0 Å². The van der Waals surface area contributed by atoms with E-state index in [0.717, 1.165) is 17.8 Å². The van der Waals surface area contributed by atoms with Gasteiger partial charge in [-0.25, -0.2) is 0 Å². The summed E-state index contributed by atoms with van der Waals surface area (Å²) < 4.78 is 11.4. The van der Waals surface area contributed by atoms with Crippen LogP contribution in [0, 0.1) is 0 Å². The second-order valence-corrected chi connectivity index (χ2v) is 17.4. The molecule has 6 aromatic rings. The van der Waals surface area contributed by atoms with Gasteiger partial charge in [-0.3, -0.25) is 9.49 Å². The zero-order valence-corrected chi connectivity index (χ0v) is 27.9. The third-order valence-corrected chi connectivity index (χ3v) is 15.7. The van der Waals surface area contributed by atoms with Gasteiger partial charge in [0.2, 0.25) is 0 Å². The summed E-state index contributed by atoms with van der Waals surface area (Å²) in [5.74, 6) is 0. The molecule has 1 aliphatic carbocycles. The Bertz CT molecular complexity index is 1990. The highest BCUT2D eigenvalue weighted by molar-refractivity contribution is 7.87. The van der Waals surface area contributed by atoms with E-state index in [4.69, 9.17) is 9.49 Å². The van der Waals surface area contributed by atoms with Crippen molar-refractivity contribution in [1.82, 2.24) is 0 Å². The molecule has 0 unspecified atom stereocenters. The van der Waals surface area contributed by atoms with Crippen LogP contribution in [0.1, 0.15) is 6.42 Å². The largest absolute Gasteiger partial charge is 0.254 e. The first-order valence-electron chi connectivity index (χ1n) is 16.0. The maximum absolute atomic E-state index is 5.74. The summed E-state index contributed by atoms with van der Waals surface area (Å²) in [5, 5.41) is 7.41. The van der Waals surface area contributed by atoms with Crippen LogP contribution in [0.4, 0.5) is 11.4 Å². The number of rotatable bonds is 8. The molecule has 0 bridgehead atoms. The molecule has 47 heavy (non-hydrogen) atoms. The molecule has 0 heterocycles. The van der Waals surface area contributed by atoms with Crippen molar-refractivity contribution in [2.45, 2.75) is 6.42 Å². The Morgan fingerprint density at radius 2 is 0.702 bits per heavy atom. The van der Waals surface area contributed by atoms with E-state index in [2.05, 4.69) is 206 Å². The van der Waals surface area contributed by atoms with Crippen molar-refractivity contribution >= 4 is 52.0 Å². The van der Waals surface area contributed by atoms with Crippen molar-refractivity contribution < 1.29 is 0 Å². The molecule has 0 radical (unpaired) electrons. The molecule has 7 rings (SSSR count). The minimum Gasteiger partial charge on any atom is -0.254 e. The first-order valence-corrected chi connectivity index (χ1v) is 19.4. The second-order valence-electron chi connectivity index (χ2n) is 11.3. The fourth-order valence-electron chi connectivity index (χ4n) is 6.20. The van der Waals surface area contributed by atoms with Gasteiger partial charge in [-0.05, 0) is 36.0 Å². The van der Waals surface area contributed by atoms with Gasteiger partial charge in [0.1, 0.15) is 0 Å². The van der Waals surface area contributed by atoms with Crippen molar-refractivity contribution in [3.63, 3.8) is 0 Å². The monoisotopic (exact) mass is 642 g/mol. The second kappa shape index (κ2) is 14.2. The van der Waals surface area contributed by atoms with Crippen molar-refractivity contribution in [2.24, 2.45) is 9.49 Å². The molecular weight excluding hydrogens is 606 g/mol. The first-order chi connectivity index (χ1) is 23.3. The van der Waals surface area contributed by atoms with Crippen LogP contribution in [-0.2, 0) is 0 Å². The van der Waals surface area contributed by atoms with E-state index < -0.39 is 14.1 Å². The Balaban J connectivity index is 1.45. The van der Waals surface area contributed by atoms with Gasteiger partial charge in [0.15, 0.2) is 0 Å². The average molecular weight is 643 g/mol. The lowest BCUT2D eigenvalue weighted by molar-refractivity contribution is 1.39. The SMILES string of the molecule is C1=CCC=C(P(=Nc2ccc(N=P(c3ccccc3)(c3ccccc3)c3ccccc3)cc2)(c2ccccc2)c2ccccc2)C=C1. The zero-order chi connectivity index (χ0) is 31.8. The van der Waals surface area contributed by atoms with Gasteiger partial charge in [0, 0.05) is 26.5 Å². The molecule has 0 saturated heterocycles. The van der Waals surface area contributed by atoms with Gasteiger partial charge in [0.05, 0.1) is 25.5 Å². The van der Waals surface area contributed by atoms with Crippen molar-refractivity contribution in [2.75, 3.05) is 0 Å². The van der Waals surface area contributed by atoms with Gasteiger partial charge in [-0.2, -0.15) is 0 Å². The molecule has 0 N–H and O–H groups in total. The van der Waals surface area contributed by atoms with Gasteiger partial charge < -0.3 is 0 Å². The van der Waals surface area contributed by atoms with Crippen molar-refractivity contribution in [3.05, 3.63) is 212 Å². The minimum atomic E-state index is -2.39. The number of hydrogen-bond acceptors (Lipinski definition) is 2. The van der Waals surface area contributed by atoms with Crippen LogP contribution in [0.2, 0.25) is 0 Å². The molecule has 0 amide bonds. The number of benzene rings is 6. The molecule has 1 aliphatic rings. The molecule has 0 aromatic heterocycles. The highest BCUT2D eigenvalue weighted by Gasteiger charge is 2.29. The van der Waals surface area contributed by atoms with Crippen LogP contribution in [0.3, 0.4) is 0 Å². The van der Waals surface area contributed by atoms with Crippen LogP contribution in [0.15, 0.2) is 221 Å². The summed E-state index contributed by atoms with van der Waals surface area (Å²) in [4.78, 5) is 0. The number of hydrogen-bond donors (Lipinski definition) is 0. The molecule has 0 spiro atoms. The van der Waals surface area contributed by atoms with Crippen molar-refractivity contribution in [1.29, 1.82) is 0 Å². The molecule has 0 aliphatic heterocycles. The maximum Gasteiger partial charge on any atom is 0.0626 e. The predicted molar refractivity (Wildman–Crippen MR) is 206 cm³/mol. The topological polar surface area (TPSA) is 24.7 Å². The summed E-state index contributed by atoms with van der Waals surface area (Å²) in [5.41, 5.74) is 1.88. The Kier molecular flexibility index (Phi) is 9.25. The quantitative estimate of drug-likeness (QED) is 0.148. The fourth-order valence-corrected chi connectivity index (χ4v) is 13.3. The molecule has 2 nitrogen and oxygen atoms in total. The van der Waals surface area contributed by atoms with Crippen LogP contribution in [0.5, 0.6) is 0 Å². The Morgan fingerprint density at radius 3 is 1.09 bits per heavy atom. The smallest absolute Gasteiger partial charge is 0.0626 e. The van der Waals surface area contributed by atoms with Gasteiger partial charge in [0.25, 0.3) is 0 Å². The summed E-state index contributed by atoms with van der Waals surface area (Å²) in [6.07, 6.45) is 12.0. The summed E-state index contributed by atoms with van der Waals surface area (Å²) in [6.45, 7) is 0. The Labute approximate surface area is 278 Å². The molecule has 4 heteroatoms. The van der Waals surface area contributed by atoms with E-state index in [0.29, 0.717) is 0 Å². The standard InChI is InChI=1S/C43H36N2P2/c1-2-9-21-38(20-8-1)46(39-22-10-3-11-23-39,40-24-12-4-13-25-40)44-36-32-34-37(35-33-36)45-47(41-26-14-5-15-27-41,42-28-16-6-17-29-42)43-30-18-7-19-31-43/h1-8,10-35H,9H2. The van der Waals surface area contributed by atoms with Crippen LogP contribution in [0.25, 0.3) is 0 Å². The van der Waals surface area contributed by atoms with E-state index in [1.54, 1.807) is 0 Å². The fraction of sp³-hybridized carbons (Fsp3) is 0.0233. The number of allylic oxidation sites excluding steroid dienone is 6. The van der Waals surface area contributed by atoms with Crippen LogP contribution < -0.4 is 26.5 Å². The zero-order valence-electron chi connectivity index (χ0n) is 26.1. The van der Waals surface area contributed by atoms with Gasteiger partial charge in [-0.15, -0.1) is 0 Å². The lowest BCUT2D eigenvalue weighted by Gasteiger charge is -2.28. The molecule has 0 fully saturated rings.